The molecule has 0 saturated heterocycles. The Morgan fingerprint density at radius 2 is 1.23 bits per heavy atom. The van der Waals surface area contributed by atoms with Gasteiger partial charge in [-0.15, -0.1) is 11.3 Å². The Hall–Kier alpha value is -1.42. The van der Waals surface area contributed by atoms with Gasteiger partial charge in [-0.3, -0.25) is 0 Å². The lowest BCUT2D eigenvalue weighted by Crippen LogP contribution is -2.16. The van der Waals surface area contributed by atoms with Crippen LogP contribution in [0, 0.1) is 0 Å². The summed E-state index contributed by atoms with van der Waals surface area (Å²) in [6, 6.07) is 7.98. The van der Waals surface area contributed by atoms with Gasteiger partial charge >= 0.3 is 0 Å². The van der Waals surface area contributed by atoms with Gasteiger partial charge in [-0.05, 0) is 50.6 Å². The van der Waals surface area contributed by atoms with Crippen molar-refractivity contribution in [3.8, 4) is 11.5 Å². The molecule has 1 aliphatic rings. The number of halogens is 1. The van der Waals surface area contributed by atoms with Crippen molar-refractivity contribution in [3.63, 3.8) is 0 Å². The van der Waals surface area contributed by atoms with Crippen molar-refractivity contribution in [2.24, 2.45) is 0 Å². The second-order valence-electron chi connectivity index (χ2n) is 6.34. The van der Waals surface area contributed by atoms with Crippen LogP contribution in [-0.2, 0) is 18.9 Å². The molecule has 1 aliphatic heterocycles. The minimum absolute atomic E-state index is 0.430. The molecular formula is C22H27BrO6S. The van der Waals surface area contributed by atoms with Gasteiger partial charge in [-0.1, -0.05) is 18.2 Å². The molecule has 0 fully saturated rings. The number of ether oxygens (including phenoxy) is 6. The Morgan fingerprint density at radius 1 is 0.667 bits per heavy atom. The number of hydrogen-bond acceptors (Lipinski definition) is 7. The number of benzene rings is 1. The Kier molecular flexibility index (Phi) is 10.7. The van der Waals surface area contributed by atoms with Crippen LogP contribution in [0.4, 0.5) is 0 Å². The number of rotatable bonds is 2. The van der Waals surface area contributed by atoms with E-state index in [4.69, 9.17) is 28.4 Å². The van der Waals surface area contributed by atoms with E-state index in [-0.39, 0.29) is 0 Å². The maximum absolute atomic E-state index is 5.94. The van der Waals surface area contributed by atoms with Gasteiger partial charge in [0.2, 0.25) is 0 Å². The summed E-state index contributed by atoms with van der Waals surface area (Å²) in [4.78, 5) is 0. The zero-order chi connectivity index (χ0) is 20.9. The summed E-state index contributed by atoms with van der Waals surface area (Å²) >= 11 is 5.22. The maximum Gasteiger partial charge on any atom is 0.161 e. The minimum Gasteiger partial charge on any atom is -0.487 e. The fourth-order valence-electron chi connectivity index (χ4n) is 2.65. The zero-order valence-electron chi connectivity index (χ0n) is 16.8. The summed E-state index contributed by atoms with van der Waals surface area (Å²) in [7, 11) is 0. The molecule has 0 atom stereocenters. The van der Waals surface area contributed by atoms with Crippen LogP contribution in [0.2, 0.25) is 0 Å². The maximum atomic E-state index is 5.94. The van der Waals surface area contributed by atoms with Gasteiger partial charge < -0.3 is 28.4 Å². The van der Waals surface area contributed by atoms with Crippen LogP contribution in [-0.4, -0.2) is 66.1 Å². The Bertz CT molecular complexity index is 779. The van der Waals surface area contributed by atoms with E-state index in [0.29, 0.717) is 77.6 Å². The van der Waals surface area contributed by atoms with Crippen LogP contribution >= 0.6 is 27.3 Å². The quantitative estimate of drug-likeness (QED) is 0.606. The molecule has 0 N–H and O–H groups in total. The first-order valence-electron chi connectivity index (χ1n) is 9.94. The van der Waals surface area contributed by atoms with Crippen molar-refractivity contribution in [3.05, 3.63) is 44.6 Å². The molecule has 0 spiro atoms. The monoisotopic (exact) mass is 498 g/mol. The molecule has 2 heterocycles. The lowest BCUT2D eigenvalue weighted by molar-refractivity contribution is -0.00841. The van der Waals surface area contributed by atoms with Crippen molar-refractivity contribution in [1.82, 2.24) is 0 Å². The predicted octanol–water partition coefficient (Wildman–Crippen LogP) is 4.52. The molecule has 3 rings (SSSR count). The molecular weight excluding hydrogens is 472 g/mol. The van der Waals surface area contributed by atoms with E-state index in [9.17, 15) is 0 Å². The fourth-order valence-corrected chi connectivity index (χ4v) is 3.85. The molecule has 6 nitrogen and oxygen atoms in total. The van der Waals surface area contributed by atoms with Crippen LogP contribution in [0.5, 0.6) is 11.5 Å². The molecule has 0 aliphatic carbocycles. The minimum atomic E-state index is 0.430. The number of thiophene rings is 1. The second-order valence-corrected chi connectivity index (χ2v) is 8.57. The molecule has 2 aromatic rings. The molecule has 1 aromatic carbocycles. The van der Waals surface area contributed by atoms with Crippen molar-refractivity contribution in [1.29, 1.82) is 0 Å². The first-order chi connectivity index (χ1) is 14.8. The van der Waals surface area contributed by atoms with Gasteiger partial charge in [-0.2, -0.15) is 0 Å². The van der Waals surface area contributed by atoms with Gasteiger partial charge in [0.1, 0.15) is 13.2 Å². The molecule has 164 valence electrons. The van der Waals surface area contributed by atoms with E-state index in [1.54, 1.807) is 11.3 Å². The largest absolute Gasteiger partial charge is 0.487 e. The Labute approximate surface area is 189 Å². The first-order valence-corrected chi connectivity index (χ1v) is 11.6. The lowest BCUT2D eigenvalue weighted by atomic mass is 10.1. The molecule has 0 amide bonds. The smallest absolute Gasteiger partial charge is 0.161 e. The summed E-state index contributed by atoms with van der Waals surface area (Å²) in [5.41, 5.74) is 2.17. The Morgan fingerprint density at radius 3 is 1.80 bits per heavy atom. The van der Waals surface area contributed by atoms with E-state index >= 15 is 0 Å². The highest BCUT2D eigenvalue weighted by molar-refractivity contribution is 9.11. The molecule has 8 heteroatoms. The van der Waals surface area contributed by atoms with E-state index in [0.717, 1.165) is 14.9 Å². The second kappa shape index (κ2) is 13.8. The number of hydrogen-bond donors (Lipinski definition) is 0. The highest BCUT2D eigenvalue weighted by atomic mass is 79.9. The van der Waals surface area contributed by atoms with E-state index in [2.05, 4.69) is 39.5 Å². The van der Waals surface area contributed by atoms with E-state index in [1.807, 2.05) is 18.2 Å². The normalized spacial score (nSPS) is 18.0. The predicted molar refractivity (Wildman–Crippen MR) is 122 cm³/mol. The topological polar surface area (TPSA) is 55.4 Å². The van der Waals surface area contributed by atoms with Gasteiger partial charge in [0, 0.05) is 0 Å². The summed E-state index contributed by atoms with van der Waals surface area (Å²) < 4.78 is 34.9. The van der Waals surface area contributed by atoms with E-state index < -0.39 is 0 Å². The van der Waals surface area contributed by atoms with Crippen molar-refractivity contribution in [2.75, 3.05) is 66.1 Å². The van der Waals surface area contributed by atoms with Gasteiger partial charge in [0.25, 0.3) is 0 Å². The molecule has 0 unspecified atom stereocenters. The highest BCUT2D eigenvalue weighted by Crippen LogP contribution is 2.30. The van der Waals surface area contributed by atoms with Gasteiger partial charge in [-0.25, -0.2) is 0 Å². The average Bonchev–Trinajstić information content (AvgIpc) is 3.17. The average molecular weight is 499 g/mol. The highest BCUT2D eigenvalue weighted by Gasteiger charge is 2.07. The van der Waals surface area contributed by atoms with Crippen molar-refractivity contribution >= 4 is 39.4 Å². The number of fused-ring (bicyclic) bond motifs is 1. The third-order valence-electron chi connectivity index (χ3n) is 4.16. The van der Waals surface area contributed by atoms with Crippen molar-refractivity contribution in [2.45, 2.75) is 0 Å². The van der Waals surface area contributed by atoms with Gasteiger partial charge in [0.15, 0.2) is 11.5 Å². The first kappa shape index (κ1) is 23.2. The van der Waals surface area contributed by atoms with E-state index in [1.165, 1.54) is 0 Å². The SMILES string of the molecule is Brc1sccc1/C=C/c1ccc2c(c1)OCCOCCOCCOCCOCCO2. The Balaban J connectivity index is 1.62. The summed E-state index contributed by atoms with van der Waals surface area (Å²) in [5, 5.41) is 2.05. The van der Waals surface area contributed by atoms with Crippen LogP contribution in [0.15, 0.2) is 33.4 Å². The van der Waals surface area contributed by atoms with Crippen molar-refractivity contribution < 1.29 is 28.4 Å². The zero-order valence-corrected chi connectivity index (χ0v) is 19.3. The lowest BCUT2D eigenvalue weighted by Gasteiger charge is -2.14. The summed E-state index contributed by atoms with van der Waals surface area (Å²) in [6.07, 6.45) is 4.13. The van der Waals surface area contributed by atoms with Gasteiger partial charge in [0.05, 0.1) is 56.6 Å². The molecule has 0 bridgehead atoms. The third-order valence-corrected chi connectivity index (χ3v) is 5.89. The van der Waals surface area contributed by atoms with Crippen LogP contribution in [0.1, 0.15) is 11.1 Å². The molecule has 30 heavy (non-hydrogen) atoms. The van der Waals surface area contributed by atoms with Crippen LogP contribution < -0.4 is 9.47 Å². The molecule has 1 aromatic heterocycles. The summed E-state index contributed by atoms with van der Waals surface area (Å²) in [5.74, 6) is 1.37. The molecule has 0 radical (unpaired) electrons. The van der Waals surface area contributed by atoms with Crippen LogP contribution in [0.3, 0.4) is 0 Å². The van der Waals surface area contributed by atoms with Crippen LogP contribution in [0.25, 0.3) is 12.2 Å². The fraction of sp³-hybridized carbons (Fsp3) is 0.455. The third kappa shape index (κ3) is 8.37. The standard InChI is InChI=1S/C22H27BrO6S/c23-22-19(5-16-30-22)3-1-18-2-4-20-21(17-18)29-15-13-27-11-9-25-7-6-24-8-10-26-12-14-28-20/h1-5,16-17H,6-15H2/b3-1+. The molecule has 0 saturated carbocycles. The summed E-state index contributed by atoms with van der Waals surface area (Å²) in [6.45, 7) is 5.05.